The first-order chi connectivity index (χ1) is 11.1. The standard InChI is InChI=1S/C16H19BrClFN2O3/c1-16(2,3)24-15(23)20-10-4-5-21(8-10)14(22)9-6-11(17)13(18)12(19)7-9/h6-7,10H,4-5,8H2,1-3H3,(H,20,23)/t10-/m0/s1. The molecule has 1 N–H and O–H groups in total. The van der Waals surface area contributed by atoms with E-state index in [1.54, 1.807) is 25.7 Å². The Bertz CT molecular complexity index is 640. The summed E-state index contributed by atoms with van der Waals surface area (Å²) in [4.78, 5) is 25.8. The van der Waals surface area contributed by atoms with Crippen molar-refractivity contribution >= 4 is 39.5 Å². The fourth-order valence-electron chi connectivity index (χ4n) is 2.40. The van der Waals surface area contributed by atoms with E-state index < -0.39 is 17.5 Å². The monoisotopic (exact) mass is 420 g/mol. The summed E-state index contributed by atoms with van der Waals surface area (Å²) in [6, 6.07) is 2.41. The highest BCUT2D eigenvalue weighted by atomic mass is 79.9. The largest absolute Gasteiger partial charge is 0.444 e. The number of nitrogens with one attached hydrogen (secondary N) is 1. The van der Waals surface area contributed by atoms with E-state index in [9.17, 15) is 14.0 Å². The summed E-state index contributed by atoms with van der Waals surface area (Å²) >= 11 is 8.87. The zero-order valence-corrected chi connectivity index (χ0v) is 16.0. The number of hydrogen-bond acceptors (Lipinski definition) is 3. The Kier molecular flexibility index (Phi) is 5.75. The van der Waals surface area contributed by atoms with Gasteiger partial charge in [0, 0.05) is 23.1 Å². The first-order valence-corrected chi connectivity index (χ1v) is 8.67. The second-order valence-corrected chi connectivity index (χ2v) is 7.87. The number of nitrogens with zero attached hydrogens (tertiary/aromatic N) is 1. The summed E-state index contributed by atoms with van der Waals surface area (Å²) in [5, 5.41) is 2.69. The van der Waals surface area contributed by atoms with Crippen LogP contribution in [0.25, 0.3) is 0 Å². The molecule has 8 heteroatoms. The van der Waals surface area contributed by atoms with Crippen molar-refractivity contribution in [2.24, 2.45) is 0 Å². The predicted octanol–water partition coefficient (Wildman–Crippen LogP) is 3.98. The Morgan fingerprint density at radius 1 is 1.42 bits per heavy atom. The summed E-state index contributed by atoms with van der Waals surface area (Å²) in [5.41, 5.74) is -0.368. The van der Waals surface area contributed by atoms with Gasteiger partial charge in [-0.15, -0.1) is 0 Å². The van der Waals surface area contributed by atoms with Crippen molar-refractivity contribution < 1.29 is 18.7 Å². The smallest absolute Gasteiger partial charge is 0.407 e. The van der Waals surface area contributed by atoms with Gasteiger partial charge in [0.25, 0.3) is 5.91 Å². The van der Waals surface area contributed by atoms with E-state index in [0.29, 0.717) is 24.0 Å². The topological polar surface area (TPSA) is 58.6 Å². The van der Waals surface area contributed by atoms with Gasteiger partial charge < -0.3 is 15.0 Å². The molecule has 2 rings (SSSR count). The van der Waals surface area contributed by atoms with E-state index in [1.165, 1.54) is 6.07 Å². The van der Waals surface area contributed by atoms with Gasteiger partial charge in [-0.25, -0.2) is 9.18 Å². The van der Waals surface area contributed by atoms with Crippen LogP contribution in [0, 0.1) is 5.82 Å². The van der Waals surface area contributed by atoms with Crippen molar-refractivity contribution in [2.45, 2.75) is 38.8 Å². The van der Waals surface area contributed by atoms with Crippen LogP contribution in [-0.4, -0.2) is 41.6 Å². The Labute approximate surface area is 153 Å². The molecule has 0 radical (unpaired) electrons. The molecule has 0 spiro atoms. The normalized spacial score (nSPS) is 17.8. The van der Waals surface area contributed by atoms with Crippen LogP contribution < -0.4 is 5.32 Å². The second kappa shape index (κ2) is 7.27. The molecule has 0 saturated carbocycles. The third-order valence-corrected chi connectivity index (χ3v) is 4.66. The fourth-order valence-corrected chi connectivity index (χ4v) is 2.94. The van der Waals surface area contributed by atoms with Crippen LogP contribution in [0.15, 0.2) is 16.6 Å². The molecule has 1 aliphatic rings. The van der Waals surface area contributed by atoms with Gasteiger partial charge in [0.15, 0.2) is 0 Å². The molecule has 1 aromatic rings. The molecule has 1 aliphatic heterocycles. The molecule has 0 aliphatic carbocycles. The SMILES string of the molecule is CC(C)(C)OC(=O)N[C@H]1CCN(C(=O)c2cc(F)c(Cl)c(Br)c2)C1. The number of halogens is 3. The number of rotatable bonds is 2. The van der Waals surface area contributed by atoms with Gasteiger partial charge in [-0.1, -0.05) is 11.6 Å². The minimum atomic E-state index is -0.656. The van der Waals surface area contributed by atoms with Crippen molar-refractivity contribution in [2.75, 3.05) is 13.1 Å². The number of alkyl carbamates (subject to hydrolysis) is 1. The maximum Gasteiger partial charge on any atom is 0.407 e. The average Bonchev–Trinajstić information content (AvgIpc) is 2.89. The summed E-state index contributed by atoms with van der Waals surface area (Å²) in [6.07, 6.45) is 0.101. The summed E-state index contributed by atoms with van der Waals surface area (Å²) < 4.78 is 19.2. The molecule has 5 nitrogen and oxygen atoms in total. The third kappa shape index (κ3) is 4.83. The van der Waals surface area contributed by atoms with Crippen LogP contribution in [-0.2, 0) is 4.74 Å². The highest BCUT2D eigenvalue weighted by Gasteiger charge is 2.30. The van der Waals surface area contributed by atoms with E-state index in [0.717, 1.165) is 6.07 Å². The highest BCUT2D eigenvalue weighted by Crippen LogP contribution is 2.28. The van der Waals surface area contributed by atoms with E-state index in [2.05, 4.69) is 21.2 Å². The fraction of sp³-hybridized carbons (Fsp3) is 0.500. The molecule has 1 fully saturated rings. The minimum Gasteiger partial charge on any atom is -0.444 e. The van der Waals surface area contributed by atoms with Crippen molar-refractivity contribution in [3.05, 3.63) is 33.0 Å². The number of benzene rings is 1. The highest BCUT2D eigenvalue weighted by molar-refractivity contribution is 9.10. The van der Waals surface area contributed by atoms with Crippen LogP contribution in [0.2, 0.25) is 5.02 Å². The molecule has 24 heavy (non-hydrogen) atoms. The molecule has 0 aromatic heterocycles. The molecule has 1 aromatic carbocycles. The molecule has 2 amide bonds. The summed E-state index contributed by atoms with van der Waals surface area (Å²) in [6.45, 7) is 6.17. The van der Waals surface area contributed by atoms with Crippen LogP contribution in [0.3, 0.4) is 0 Å². The van der Waals surface area contributed by atoms with Gasteiger partial charge >= 0.3 is 6.09 Å². The van der Waals surface area contributed by atoms with E-state index in [4.69, 9.17) is 16.3 Å². The number of carbonyl (C=O) groups excluding carboxylic acids is 2. The molecule has 1 saturated heterocycles. The van der Waals surface area contributed by atoms with Gasteiger partial charge in [-0.2, -0.15) is 0 Å². The maximum absolute atomic E-state index is 13.7. The van der Waals surface area contributed by atoms with Crippen molar-refractivity contribution in [3.8, 4) is 0 Å². The first-order valence-electron chi connectivity index (χ1n) is 7.50. The van der Waals surface area contributed by atoms with Gasteiger partial charge in [0.05, 0.1) is 11.1 Å². The minimum absolute atomic E-state index is 0.0579. The Hall–Kier alpha value is -1.34. The summed E-state index contributed by atoms with van der Waals surface area (Å²) in [5.74, 6) is -0.961. The van der Waals surface area contributed by atoms with Crippen LogP contribution >= 0.6 is 27.5 Å². The average molecular weight is 422 g/mol. The maximum atomic E-state index is 13.7. The zero-order valence-electron chi connectivity index (χ0n) is 13.7. The number of amides is 2. The number of ether oxygens (including phenoxy) is 1. The molecular formula is C16H19BrClFN2O3. The zero-order chi connectivity index (χ0) is 18.1. The summed E-state index contributed by atoms with van der Waals surface area (Å²) in [7, 11) is 0. The van der Waals surface area contributed by atoms with E-state index in [-0.39, 0.29) is 22.5 Å². The Morgan fingerprint density at radius 2 is 2.08 bits per heavy atom. The molecule has 1 heterocycles. The van der Waals surface area contributed by atoms with Gasteiger partial charge in [-0.05, 0) is 55.3 Å². The lowest BCUT2D eigenvalue weighted by Crippen LogP contribution is -2.41. The number of carbonyl (C=O) groups is 2. The lowest BCUT2D eigenvalue weighted by Gasteiger charge is -2.22. The molecule has 0 bridgehead atoms. The number of likely N-dealkylation sites (tertiary alicyclic amines) is 1. The quantitative estimate of drug-likeness (QED) is 0.735. The predicted molar refractivity (Wildman–Crippen MR) is 92.8 cm³/mol. The van der Waals surface area contributed by atoms with Crippen molar-refractivity contribution in [1.29, 1.82) is 0 Å². The second-order valence-electron chi connectivity index (χ2n) is 6.64. The third-order valence-electron chi connectivity index (χ3n) is 3.43. The van der Waals surface area contributed by atoms with E-state index in [1.807, 2.05) is 0 Å². The first kappa shape index (κ1) is 19.0. The molecule has 0 unspecified atom stereocenters. The molecule has 132 valence electrons. The molecular weight excluding hydrogens is 403 g/mol. The Balaban J connectivity index is 1.98. The lowest BCUT2D eigenvalue weighted by molar-refractivity contribution is 0.0502. The van der Waals surface area contributed by atoms with Crippen LogP contribution in [0.4, 0.5) is 9.18 Å². The lowest BCUT2D eigenvalue weighted by atomic mass is 10.2. The van der Waals surface area contributed by atoms with E-state index >= 15 is 0 Å². The molecule has 1 atom stereocenters. The van der Waals surface area contributed by atoms with Crippen LogP contribution in [0.1, 0.15) is 37.6 Å². The van der Waals surface area contributed by atoms with Crippen molar-refractivity contribution in [3.63, 3.8) is 0 Å². The van der Waals surface area contributed by atoms with Gasteiger partial charge in [0.2, 0.25) is 0 Å². The number of hydrogen-bond donors (Lipinski definition) is 1. The van der Waals surface area contributed by atoms with Gasteiger partial charge in [0.1, 0.15) is 11.4 Å². The Morgan fingerprint density at radius 3 is 2.67 bits per heavy atom. The van der Waals surface area contributed by atoms with Crippen molar-refractivity contribution in [1.82, 2.24) is 10.2 Å². The van der Waals surface area contributed by atoms with Crippen LogP contribution in [0.5, 0.6) is 0 Å². The van der Waals surface area contributed by atoms with Gasteiger partial charge in [-0.3, -0.25) is 4.79 Å².